The molecule has 0 fully saturated rings. The minimum atomic E-state index is -4.01. The molecule has 0 saturated carbocycles. The maximum atomic E-state index is 12.9. The summed E-state index contributed by atoms with van der Waals surface area (Å²) in [5.41, 5.74) is 0.886. The van der Waals surface area contributed by atoms with E-state index in [1.165, 1.54) is 51.7 Å². The van der Waals surface area contributed by atoms with Crippen molar-refractivity contribution in [2.45, 2.75) is 4.90 Å². The van der Waals surface area contributed by atoms with Crippen molar-refractivity contribution >= 4 is 38.9 Å². The molecule has 0 heterocycles. The zero-order valence-corrected chi connectivity index (χ0v) is 19.1. The number of nitrogens with one attached hydrogen (secondary N) is 2. The summed E-state index contributed by atoms with van der Waals surface area (Å²) in [5, 5.41) is 2.89. The molecule has 0 radical (unpaired) electrons. The van der Waals surface area contributed by atoms with E-state index in [1.807, 2.05) is 0 Å². The molecule has 10 heteroatoms. The largest absolute Gasteiger partial charge is 0.495 e. The van der Waals surface area contributed by atoms with Crippen molar-refractivity contribution < 1.29 is 27.4 Å². The van der Waals surface area contributed by atoms with Crippen molar-refractivity contribution in [3.8, 4) is 17.2 Å². The summed E-state index contributed by atoms with van der Waals surface area (Å²) in [4.78, 5) is 12.5. The van der Waals surface area contributed by atoms with E-state index >= 15 is 0 Å². The number of benzene rings is 3. The average Bonchev–Trinajstić information content (AvgIpc) is 2.79. The number of hydrogen-bond acceptors (Lipinski definition) is 6. The highest BCUT2D eigenvalue weighted by atomic mass is 35.5. The lowest BCUT2D eigenvalue weighted by Gasteiger charge is -2.17. The zero-order chi connectivity index (χ0) is 23.3. The number of methoxy groups -OCH3 is 3. The predicted octanol–water partition coefficient (Wildman–Crippen LogP) is 4.42. The molecule has 0 bridgehead atoms. The fourth-order valence-electron chi connectivity index (χ4n) is 2.88. The van der Waals surface area contributed by atoms with Crippen LogP contribution in [0.5, 0.6) is 17.2 Å². The molecule has 3 aromatic carbocycles. The van der Waals surface area contributed by atoms with Crippen LogP contribution in [0.3, 0.4) is 0 Å². The van der Waals surface area contributed by atoms with Crippen molar-refractivity contribution in [2.75, 3.05) is 31.4 Å². The molecular formula is C22H21ClN2O6S. The van der Waals surface area contributed by atoms with Gasteiger partial charge < -0.3 is 19.5 Å². The van der Waals surface area contributed by atoms with Crippen molar-refractivity contribution in [1.29, 1.82) is 0 Å². The molecule has 168 valence electrons. The number of amides is 1. The molecule has 3 aromatic rings. The quantitative estimate of drug-likeness (QED) is 0.499. The van der Waals surface area contributed by atoms with Crippen molar-refractivity contribution in [2.24, 2.45) is 0 Å². The Morgan fingerprint density at radius 3 is 2.00 bits per heavy atom. The molecule has 0 aliphatic rings. The maximum absolute atomic E-state index is 12.9. The third-order valence-electron chi connectivity index (χ3n) is 4.48. The van der Waals surface area contributed by atoms with E-state index in [0.29, 0.717) is 17.0 Å². The van der Waals surface area contributed by atoms with Crippen LogP contribution in [0, 0.1) is 0 Å². The molecule has 0 saturated heterocycles. The van der Waals surface area contributed by atoms with Crippen LogP contribution < -0.4 is 24.2 Å². The molecule has 0 aromatic heterocycles. The minimum Gasteiger partial charge on any atom is -0.495 e. The van der Waals surface area contributed by atoms with Crippen LogP contribution in [0.15, 0.2) is 65.6 Å². The van der Waals surface area contributed by atoms with E-state index < -0.39 is 10.0 Å². The fourth-order valence-corrected chi connectivity index (χ4v) is 4.29. The van der Waals surface area contributed by atoms with Gasteiger partial charge in [-0.25, -0.2) is 8.42 Å². The Bertz CT molecular complexity index is 1230. The van der Waals surface area contributed by atoms with Gasteiger partial charge in [0.1, 0.15) is 17.2 Å². The summed E-state index contributed by atoms with van der Waals surface area (Å²) in [6, 6.07) is 15.6. The van der Waals surface area contributed by atoms with Gasteiger partial charge in [0.05, 0.1) is 42.6 Å². The van der Waals surface area contributed by atoms with Crippen molar-refractivity contribution in [3.05, 3.63) is 71.2 Å². The second-order valence-corrected chi connectivity index (χ2v) is 8.56. The molecule has 3 rings (SSSR count). The summed E-state index contributed by atoms with van der Waals surface area (Å²) in [5.74, 6) is 0.411. The number of hydrogen-bond donors (Lipinski definition) is 2. The van der Waals surface area contributed by atoms with E-state index in [1.54, 1.807) is 30.3 Å². The Labute approximate surface area is 191 Å². The number of halogens is 1. The van der Waals surface area contributed by atoms with Crippen molar-refractivity contribution in [1.82, 2.24) is 0 Å². The highest BCUT2D eigenvalue weighted by Gasteiger charge is 2.21. The first-order valence-electron chi connectivity index (χ1n) is 9.28. The Morgan fingerprint density at radius 2 is 1.41 bits per heavy atom. The second kappa shape index (κ2) is 9.80. The predicted molar refractivity (Wildman–Crippen MR) is 123 cm³/mol. The topological polar surface area (TPSA) is 103 Å². The first-order valence-corrected chi connectivity index (χ1v) is 11.1. The molecule has 0 aliphatic carbocycles. The number of sulfonamides is 1. The van der Waals surface area contributed by atoms with Crippen LogP contribution in [0.4, 0.5) is 11.4 Å². The first kappa shape index (κ1) is 23.2. The monoisotopic (exact) mass is 476 g/mol. The lowest BCUT2D eigenvalue weighted by Crippen LogP contribution is -2.15. The van der Waals surface area contributed by atoms with Gasteiger partial charge >= 0.3 is 0 Å². The Balaban J connectivity index is 1.93. The Hall–Kier alpha value is -3.43. The van der Waals surface area contributed by atoms with Gasteiger partial charge in [-0.2, -0.15) is 0 Å². The SMILES string of the molecule is COc1ccc(S(=O)(=O)Nc2cc(OC)c(NC(=O)c3ccccc3)cc2OC)cc1Cl. The van der Waals surface area contributed by atoms with E-state index in [0.717, 1.165) is 0 Å². The third kappa shape index (κ3) is 5.06. The lowest BCUT2D eigenvalue weighted by atomic mass is 10.2. The molecule has 32 heavy (non-hydrogen) atoms. The Morgan fingerprint density at radius 1 is 0.812 bits per heavy atom. The van der Waals surface area contributed by atoms with Crippen LogP contribution in [0.25, 0.3) is 0 Å². The second-order valence-electron chi connectivity index (χ2n) is 6.47. The van der Waals surface area contributed by atoms with Gasteiger partial charge in [-0.05, 0) is 30.3 Å². The Kier molecular flexibility index (Phi) is 7.12. The number of carbonyl (C=O) groups excluding carboxylic acids is 1. The molecule has 0 spiro atoms. The van der Waals surface area contributed by atoms with E-state index in [-0.39, 0.29) is 33.0 Å². The number of rotatable bonds is 8. The summed E-state index contributed by atoms with van der Waals surface area (Å²) in [6.07, 6.45) is 0. The van der Waals surface area contributed by atoms with Crippen molar-refractivity contribution in [3.63, 3.8) is 0 Å². The van der Waals surface area contributed by atoms with Gasteiger partial charge in [0.25, 0.3) is 15.9 Å². The van der Waals surface area contributed by atoms with Crippen LogP contribution in [0.2, 0.25) is 5.02 Å². The van der Waals surface area contributed by atoms with Gasteiger partial charge in [0.2, 0.25) is 0 Å². The van der Waals surface area contributed by atoms with Gasteiger partial charge in [0, 0.05) is 17.7 Å². The summed E-state index contributed by atoms with van der Waals surface area (Å²) in [7, 11) is 0.209. The minimum absolute atomic E-state index is 0.0641. The molecule has 0 unspecified atom stereocenters. The van der Waals surface area contributed by atoms with E-state index in [2.05, 4.69) is 10.0 Å². The normalized spacial score (nSPS) is 10.9. The average molecular weight is 477 g/mol. The number of ether oxygens (including phenoxy) is 3. The highest BCUT2D eigenvalue weighted by Crippen LogP contribution is 2.38. The number of carbonyl (C=O) groups is 1. The van der Waals surface area contributed by atoms with Crippen LogP contribution in [-0.4, -0.2) is 35.7 Å². The molecule has 2 N–H and O–H groups in total. The highest BCUT2D eigenvalue weighted by molar-refractivity contribution is 7.92. The van der Waals surface area contributed by atoms with Gasteiger partial charge in [-0.15, -0.1) is 0 Å². The first-order chi connectivity index (χ1) is 15.3. The summed E-state index contributed by atoms with van der Waals surface area (Å²) >= 11 is 6.06. The maximum Gasteiger partial charge on any atom is 0.262 e. The van der Waals surface area contributed by atoms with Crippen LogP contribution >= 0.6 is 11.6 Å². The van der Waals surface area contributed by atoms with E-state index in [9.17, 15) is 13.2 Å². The fraction of sp³-hybridized carbons (Fsp3) is 0.136. The molecule has 1 amide bonds. The van der Waals surface area contributed by atoms with Crippen LogP contribution in [0.1, 0.15) is 10.4 Å². The zero-order valence-electron chi connectivity index (χ0n) is 17.5. The summed E-state index contributed by atoms with van der Waals surface area (Å²) < 4.78 is 44.0. The summed E-state index contributed by atoms with van der Waals surface area (Å²) in [6.45, 7) is 0. The number of anilines is 2. The van der Waals surface area contributed by atoms with E-state index in [4.69, 9.17) is 25.8 Å². The lowest BCUT2D eigenvalue weighted by molar-refractivity contribution is 0.102. The molecular weight excluding hydrogens is 456 g/mol. The molecule has 8 nitrogen and oxygen atoms in total. The molecule has 0 aliphatic heterocycles. The smallest absolute Gasteiger partial charge is 0.262 e. The van der Waals surface area contributed by atoms with Crippen LogP contribution in [-0.2, 0) is 10.0 Å². The van der Waals surface area contributed by atoms with Gasteiger partial charge in [-0.1, -0.05) is 29.8 Å². The third-order valence-corrected chi connectivity index (χ3v) is 6.14. The van der Waals surface area contributed by atoms with Gasteiger partial charge in [-0.3, -0.25) is 9.52 Å². The standard InChI is InChI=1S/C22H21ClN2O6S/c1-29-19-10-9-15(11-16(19)23)32(27,28)25-18-13-20(30-2)17(12-21(18)31-3)24-22(26)14-7-5-4-6-8-14/h4-13,25H,1-3H3,(H,24,26). The molecule has 0 atom stereocenters. The van der Waals surface area contributed by atoms with Gasteiger partial charge in [0.15, 0.2) is 0 Å².